The molecule has 2 heterocycles. The monoisotopic (exact) mass is 388 g/mol. The number of fused-ring (bicyclic) bond motifs is 1. The quantitative estimate of drug-likeness (QED) is 0.624. The molecule has 0 saturated carbocycles. The fourth-order valence-corrected chi connectivity index (χ4v) is 4.63. The van der Waals surface area contributed by atoms with E-state index in [2.05, 4.69) is 64.4 Å². The number of piperazine rings is 1. The highest BCUT2D eigenvalue weighted by Crippen LogP contribution is 2.34. The number of hydrogen-bond acceptors (Lipinski definition) is 4. The molecule has 0 spiro atoms. The van der Waals surface area contributed by atoms with Gasteiger partial charge in [0.25, 0.3) is 0 Å². The van der Waals surface area contributed by atoms with Gasteiger partial charge in [0.15, 0.2) is 0 Å². The van der Waals surface area contributed by atoms with Crippen LogP contribution < -0.4 is 4.90 Å². The summed E-state index contributed by atoms with van der Waals surface area (Å²) >= 11 is 1.84. The lowest BCUT2D eigenvalue weighted by atomic mass is 10.1. The van der Waals surface area contributed by atoms with Gasteiger partial charge in [0.1, 0.15) is 0 Å². The Kier molecular flexibility index (Phi) is 6.54. The van der Waals surface area contributed by atoms with Crippen molar-refractivity contribution in [3.8, 4) is 0 Å². The highest BCUT2D eigenvalue weighted by Gasteiger charge is 2.19. The van der Waals surface area contributed by atoms with E-state index >= 15 is 0 Å². The van der Waals surface area contributed by atoms with Gasteiger partial charge in [0.2, 0.25) is 0 Å². The first-order valence-corrected chi connectivity index (χ1v) is 9.67. The molecule has 5 heteroatoms. The summed E-state index contributed by atoms with van der Waals surface area (Å²) in [6, 6.07) is 19.7. The summed E-state index contributed by atoms with van der Waals surface area (Å²) in [5.74, 6) is 0. The van der Waals surface area contributed by atoms with E-state index < -0.39 is 0 Å². The van der Waals surface area contributed by atoms with Crippen LogP contribution in [0.15, 0.2) is 54.6 Å². The van der Waals surface area contributed by atoms with Crippen LogP contribution in [0.1, 0.15) is 10.4 Å². The minimum absolute atomic E-state index is 0. The van der Waals surface area contributed by atoms with Crippen molar-refractivity contribution in [2.45, 2.75) is 13.2 Å². The van der Waals surface area contributed by atoms with Crippen LogP contribution in [-0.4, -0.2) is 38.2 Å². The molecule has 0 amide bonds. The fourth-order valence-electron chi connectivity index (χ4n) is 3.58. The topological polar surface area (TPSA) is 15.7 Å². The molecule has 138 valence electrons. The van der Waals surface area contributed by atoms with E-state index in [1.807, 2.05) is 11.3 Å². The van der Waals surface area contributed by atoms with Gasteiger partial charge in [-0.2, -0.15) is 0 Å². The minimum Gasteiger partial charge on any atom is -0.379 e. The zero-order chi connectivity index (χ0) is 17.1. The molecule has 0 radical (unpaired) electrons. The van der Waals surface area contributed by atoms with Crippen LogP contribution in [0.4, 0.5) is 5.69 Å². The van der Waals surface area contributed by atoms with Crippen molar-refractivity contribution in [3.05, 3.63) is 65.0 Å². The molecule has 1 aliphatic heterocycles. The highest BCUT2D eigenvalue weighted by atomic mass is 35.5. The normalized spacial score (nSPS) is 15.2. The second-order valence-electron chi connectivity index (χ2n) is 6.58. The molecular formula is C21H25ClN2OS. The maximum Gasteiger partial charge on any atom is 0.0806 e. The van der Waals surface area contributed by atoms with E-state index in [4.69, 9.17) is 4.74 Å². The molecule has 0 aliphatic carbocycles. The molecule has 0 bridgehead atoms. The van der Waals surface area contributed by atoms with E-state index in [0.717, 1.165) is 32.7 Å². The standard InChI is InChI=1S/C21H24N2OS.ClH/c1-24-16-18-14-19-20(8-5-9-21(19)25-18)23-12-10-22(11-13-23)15-17-6-3-2-4-7-17;/h2-9,14H,10-13,15-16H2,1H3;1H. The smallest absolute Gasteiger partial charge is 0.0806 e. The Bertz CT molecular complexity index is 828. The lowest BCUT2D eigenvalue weighted by Gasteiger charge is -2.36. The van der Waals surface area contributed by atoms with Crippen molar-refractivity contribution in [3.63, 3.8) is 0 Å². The lowest BCUT2D eigenvalue weighted by Crippen LogP contribution is -2.46. The van der Waals surface area contributed by atoms with Crippen LogP contribution in [0.25, 0.3) is 10.1 Å². The van der Waals surface area contributed by atoms with Gasteiger partial charge in [-0.15, -0.1) is 23.7 Å². The van der Waals surface area contributed by atoms with Gasteiger partial charge in [-0.1, -0.05) is 36.4 Å². The largest absolute Gasteiger partial charge is 0.379 e. The summed E-state index contributed by atoms with van der Waals surface area (Å²) in [4.78, 5) is 6.39. The summed E-state index contributed by atoms with van der Waals surface area (Å²) in [5.41, 5.74) is 2.77. The Balaban J connectivity index is 0.00000196. The molecule has 1 saturated heterocycles. The van der Waals surface area contributed by atoms with Crippen molar-refractivity contribution in [2.24, 2.45) is 0 Å². The number of hydrogen-bond donors (Lipinski definition) is 0. The summed E-state index contributed by atoms with van der Waals surface area (Å²) < 4.78 is 6.66. The maximum absolute atomic E-state index is 5.30. The van der Waals surface area contributed by atoms with Gasteiger partial charge < -0.3 is 9.64 Å². The Morgan fingerprint density at radius 1 is 0.962 bits per heavy atom. The number of benzene rings is 2. The third-order valence-electron chi connectivity index (χ3n) is 4.84. The van der Waals surface area contributed by atoms with Crippen molar-refractivity contribution in [1.82, 2.24) is 4.90 Å². The van der Waals surface area contributed by atoms with Gasteiger partial charge in [0, 0.05) is 60.5 Å². The lowest BCUT2D eigenvalue weighted by molar-refractivity contribution is 0.187. The molecule has 0 unspecified atom stereocenters. The van der Waals surface area contributed by atoms with Crippen LogP contribution in [0.5, 0.6) is 0 Å². The van der Waals surface area contributed by atoms with Crippen molar-refractivity contribution >= 4 is 39.5 Å². The fraction of sp³-hybridized carbons (Fsp3) is 0.333. The van der Waals surface area contributed by atoms with Crippen molar-refractivity contribution in [2.75, 3.05) is 38.2 Å². The highest BCUT2D eigenvalue weighted by molar-refractivity contribution is 7.19. The average molecular weight is 389 g/mol. The molecule has 0 atom stereocenters. The third-order valence-corrected chi connectivity index (χ3v) is 5.91. The van der Waals surface area contributed by atoms with Crippen molar-refractivity contribution < 1.29 is 4.74 Å². The van der Waals surface area contributed by atoms with Gasteiger partial charge in [-0.05, 0) is 23.8 Å². The first-order valence-electron chi connectivity index (χ1n) is 8.85. The Morgan fingerprint density at radius 2 is 1.73 bits per heavy atom. The zero-order valence-corrected chi connectivity index (χ0v) is 16.7. The van der Waals surface area contributed by atoms with Crippen LogP contribution >= 0.6 is 23.7 Å². The van der Waals surface area contributed by atoms with E-state index in [1.54, 1.807) is 7.11 Å². The summed E-state index contributed by atoms with van der Waals surface area (Å²) in [6.07, 6.45) is 0. The number of anilines is 1. The molecule has 3 aromatic rings. The van der Waals surface area contributed by atoms with E-state index in [1.165, 1.54) is 26.2 Å². The van der Waals surface area contributed by atoms with E-state index in [-0.39, 0.29) is 12.4 Å². The van der Waals surface area contributed by atoms with Gasteiger partial charge >= 0.3 is 0 Å². The molecule has 1 fully saturated rings. The molecular weight excluding hydrogens is 364 g/mol. The number of nitrogens with zero attached hydrogens (tertiary/aromatic N) is 2. The Hall–Kier alpha value is -1.59. The number of ether oxygens (including phenoxy) is 1. The van der Waals surface area contributed by atoms with Gasteiger partial charge in [0.05, 0.1) is 6.61 Å². The van der Waals surface area contributed by atoms with Crippen molar-refractivity contribution in [1.29, 1.82) is 0 Å². The molecule has 3 nitrogen and oxygen atoms in total. The predicted molar refractivity (Wildman–Crippen MR) is 114 cm³/mol. The van der Waals surface area contributed by atoms with Crippen LogP contribution in [0.3, 0.4) is 0 Å². The summed E-state index contributed by atoms with van der Waals surface area (Å²) in [5, 5.41) is 1.37. The molecule has 4 rings (SSSR count). The first-order chi connectivity index (χ1) is 12.3. The SMILES string of the molecule is COCc1cc2c(N3CCN(Cc4ccccc4)CC3)cccc2s1.Cl. The Labute approximate surface area is 165 Å². The average Bonchev–Trinajstić information content (AvgIpc) is 3.06. The van der Waals surface area contributed by atoms with Crippen LogP contribution in [0, 0.1) is 0 Å². The minimum atomic E-state index is 0. The summed E-state index contributed by atoms with van der Waals surface area (Å²) in [6.45, 7) is 6.14. The second-order valence-corrected chi connectivity index (χ2v) is 7.75. The zero-order valence-electron chi connectivity index (χ0n) is 15.1. The third kappa shape index (κ3) is 4.21. The predicted octanol–water partition coefficient (Wildman–Crippen LogP) is 4.79. The number of rotatable bonds is 5. The molecule has 0 N–H and O–H groups in total. The van der Waals surface area contributed by atoms with E-state index in [9.17, 15) is 0 Å². The number of halogens is 1. The molecule has 1 aromatic heterocycles. The van der Waals surface area contributed by atoms with E-state index in [0.29, 0.717) is 6.61 Å². The first kappa shape index (κ1) is 19.2. The maximum atomic E-state index is 5.30. The van der Waals surface area contributed by atoms with Gasteiger partial charge in [-0.25, -0.2) is 0 Å². The molecule has 26 heavy (non-hydrogen) atoms. The van der Waals surface area contributed by atoms with Crippen LogP contribution in [-0.2, 0) is 17.9 Å². The Morgan fingerprint density at radius 3 is 2.46 bits per heavy atom. The molecule has 2 aromatic carbocycles. The number of thiophene rings is 1. The van der Waals surface area contributed by atoms with Crippen LogP contribution in [0.2, 0.25) is 0 Å². The van der Waals surface area contributed by atoms with Gasteiger partial charge in [-0.3, -0.25) is 4.90 Å². The summed E-state index contributed by atoms with van der Waals surface area (Å²) in [7, 11) is 1.76. The molecule has 1 aliphatic rings. The number of methoxy groups -OCH3 is 1. The second kappa shape index (κ2) is 8.87.